The van der Waals surface area contributed by atoms with E-state index in [1.165, 1.54) is 30.4 Å². The number of hydrogen-bond donors (Lipinski definition) is 1. The molecule has 0 aliphatic carbocycles. The second-order valence-corrected chi connectivity index (χ2v) is 8.71. The maximum Gasteiger partial charge on any atom is 0.416 e. The van der Waals surface area contributed by atoms with Crippen LogP contribution in [0.5, 0.6) is 0 Å². The summed E-state index contributed by atoms with van der Waals surface area (Å²) in [5, 5.41) is 3.27. The Balaban J connectivity index is 1.47. The number of nitrogens with zero attached hydrogens (tertiary/aromatic N) is 3. The normalized spacial score (nSPS) is 11.5. The molecule has 0 radical (unpaired) electrons. The van der Waals surface area contributed by atoms with Crippen molar-refractivity contribution in [1.29, 1.82) is 0 Å². The van der Waals surface area contributed by atoms with Gasteiger partial charge in [-0.3, -0.25) is 9.78 Å². The Bertz CT molecular complexity index is 1290. The van der Waals surface area contributed by atoms with E-state index >= 15 is 0 Å². The number of aromatic nitrogens is 2. The van der Waals surface area contributed by atoms with Crippen molar-refractivity contribution in [1.82, 2.24) is 9.97 Å². The highest BCUT2D eigenvalue weighted by molar-refractivity contribution is 7.22. The van der Waals surface area contributed by atoms with Crippen LogP contribution in [0.1, 0.15) is 18.1 Å². The summed E-state index contributed by atoms with van der Waals surface area (Å²) in [7, 11) is 1.93. The topological polar surface area (TPSA) is 58.1 Å². The minimum absolute atomic E-state index is 0.162. The molecule has 0 aliphatic heterocycles. The van der Waals surface area contributed by atoms with Gasteiger partial charge in [0, 0.05) is 32.3 Å². The molecule has 5 nitrogen and oxygen atoms in total. The minimum atomic E-state index is -4.32. The van der Waals surface area contributed by atoms with Gasteiger partial charge in [0.2, 0.25) is 5.91 Å². The second-order valence-electron chi connectivity index (χ2n) is 7.68. The van der Waals surface area contributed by atoms with Crippen molar-refractivity contribution in [3.8, 4) is 11.1 Å². The van der Waals surface area contributed by atoms with Gasteiger partial charge >= 0.3 is 6.18 Å². The molecule has 0 saturated carbocycles. The molecule has 1 amide bonds. The SMILES string of the molecule is CC(=O)Nc1nc2ccc(-c3cncc(N(C)CCc4ccc(C(F)(F)F)cc4)c3)cc2s1. The van der Waals surface area contributed by atoms with Gasteiger partial charge in [-0.25, -0.2) is 4.98 Å². The second kappa shape index (κ2) is 9.19. The van der Waals surface area contributed by atoms with Gasteiger partial charge in [-0.05, 0) is 47.9 Å². The molecule has 170 valence electrons. The first-order valence-electron chi connectivity index (χ1n) is 10.2. The van der Waals surface area contributed by atoms with Crippen molar-refractivity contribution < 1.29 is 18.0 Å². The fraction of sp³-hybridized carbons (Fsp3) is 0.208. The number of halogens is 3. The highest BCUT2D eigenvalue weighted by Gasteiger charge is 2.29. The van der Waals surface area contributed by atoms with E-state index in [9.17, 15) is 18.0 Å². The number of anilines is 2. The molecule has 0 unspecified atom stereocenters. The number of nitrogens with one attached hydrogen (secondary N) is 1. The van der Waals surface area contributed by atoms with Crippen LogP contribution in [-0.2, 0) is 17.4 Å². The molecule has 0 bridgehead atoms. The lowest BCUT2D eigenvalue weighted by atomic mass is 10.1. The monoisotopic (exact) mass is 470 g/mol. The van der Waals surface area contributed by atoms with Gasteiger partial charge in [0.05, 0.1) is 27.7 Å². The number of carbonyl (C=O) groups excluding carboxylic acids is 1. The summed E-state index contributed by atoms with van der Waals surface area (Å²) in [6.07, 6.45) is -0.173. The number of thiazole rings is 1. The predicted molar refractivity (Wildman–Crippen MR) is 126 cm³/mol. The van der Waals surface area contributed by atoms with E-state index in [1.807, 2.05) is 36.2 Å². The molecular formula is C24H21F3N4OS. The van der Waals surface area contributed by atoms with Crippen LogP contribution in [0.3, 0.4) is 0 Å². The smallest absolute Gasteiger partial charge is 0.373 e. The number of fused-ring (bicyclic) bond motifs is 1. The third-order valence-electron chi connectivity index (χ3n) is 5.19. The van der Waals surface area contributed by atoms with Crippen molar-refractivity contribution >= 4 is 38.3 Å². The molecule has 1 N–H and O–H groups in total. The number of pyridine rings is 1. The maximum atomic E-state index is 12.7. The van der Waals surface area contributed by atoms with Crippen LogP contribution < -0.4 is 10.2 Å². The van der Waals surface area contributed by atoms with E-state index in [0.29, 0.717) is 18.1 Å². The van der Waals surface area contributed by atoms with Gasteiger partial charge in [-0.15, -0.1) is 0 Å². The fourth-order valence-electron chi connectivity index (χ4n) is 3.39. The van der Waals surface area contributed by atoms with E-state index in [1.54, 1.807) is 12.4 Å². The van der Waals surface area contributed by atoms with Gasteiger partial charge < -0.3 is 10.2 Å². The van der Waals surface area contributed by atoms with Crippen LogP contribution in [-0.4, -0.2) is 29.5 Å². The van der Waals surface area contributed by atoms with E-state index < -0.39 is 11.7 Å². The van der Waals surface area contributed by atoms with Crippen LogP contribution in [0, 0.1) is 0 Å². The summed E-state index contributed by atoms with van der Waals surface area (Å²) in [5.41, 5.74) is 3.83. The quantitative estimate of drug-likeness (QED) is 0.375. The van der Waals surface area contributed by atoms with Crippen LogP contribution in [0.15, 0.2) is 60.9 Å². The molecule has 2 aromatic heterocycles. The average molecular weight is 471 g/mol. The van der Waals surface area contributed by atoms with E-state index in [2.05, 4.69) is 15.3 Å². The number of benzene rings is 2. The number of rotatable bonds is 6. The Labute approximate surface area is 192 Å². The Morgan fingerprint density at radius 1 is 1.06 bits per heavy atom. The zero-order valence-corrected chi connectivity index (χ0v) is 18.8. The van der Waals surface area contributed by atoms with Crippen molar-refractivity contribution in [2.24, 2.45) is 0 Å². The molecule has 0 atom stereocenters. The van der Waals surface area contributed by atoms with Crippen LogP contribution >= 0.6 is 11.3 Å². The summed E-state index contributed by atoms with van der Waals surface area (Å²) in [6.45, 7) is 2.08. The molecule has 2 heterocycles. The first-order valence-corrected chi connectivity index (χ1v) is 11.0. The molecule has 33 heavy (non-hydrogen) atoms. The van der Waals surface area contributed by atoms with Crippen molar-refractivity contribution in [3.63, 3.8) is 0 Å². The lowest BCUT2D eigenvalue weighted by Gasteiger charge is -2.20. The largest absolute Gasteiger partial charge is 0.416 e. The number of hydrogen-bond acceptors (Lipinski definition) is 5. The van der Waals surface area contributed by atoms with E-state index in [-0.39, 0.29) is 5.91 Å². The Morgan fingerprint density at radius 3 is 2.52 bits per heavy atom. The fourth-order valence-corrected chi connectivity index (χ4v) is 4.34. The van der Waals surface area contributed by atoms with Crippen molar-refractivity contribution in [3.05, 3.63) is 72.1 Å². The molecule has 4 aromatic rings. The van der Waals surface area contributed by atoms with Gasteiger partial charge in [0.25, 0.3) is 0 Å². The Kier molecular flexibility index (Phi) is 6.33. The van der Waals surface area contributed by atoms with Gasteiger partial charge in [-0.1, -0.05) is 29.5 Å². The summed E-state index contributed by atoms with van der Waals surface area (Å²) in [4.78, 5) is 22.1. The predicted octanol–water partition coefficient (Wildman–Crippen LogP) is 6.01. The third-order valence-corrected chi connectivity index (χ3v) is 6.12. The lowest BCUT2D eigenvalue weighted by Crippen LogP contribution is -2.20. The summed E-state index contributed by atoms with van der Waals surface area (Å²) < 4.78 is 39.2. The maximum absolute atomic E-state index is 12.7. The molecule has 0 fully saturated rings. The van der Waals surface area contributed by atoms with Crippen LogP contribution in [0.25, 0.3) is 21.3 Å². The van der Waals surface area contributed by atoms with Gasteiger partial charge in [0.1, 0.15) is 0 Å². The Hall–Kier alpha value is -3.46. The standard InChI is InChI=1S/C24H21F3N4OS/c1-15(32)29-23-30-21-8-5-17(12-22(21)33-23)18-11-20(14-28-13-18)31(2)10-9-16-3-6-19(7-4-16)24(25,26)27/h3-8,11-14H,9-10H2,1-2H3,(H,29,30,32). The summed E-state index contributed by atoms with van der Waals surface area (Å²) >= 11 is 1.41. The molecular weight excluding hydrogens is 449 g/mol. The van der Waals surface area contributed by atoms with Crippen LogP contribution in [0.4, 0.5) is 24.0 Å². The van der Waals surface area contributed by atoms with Gasteiger partial charge in [-0.2, -0.15) is 13.2 Å². The lowest BCUT2D eigenvalue weighted by molar-refractivity contribution is -0.137. The molecule has 4 rings (SSSR count). The van der Waals surface area contributed by atoms with Crippen molar-refractivity contribution in [2.45, 2.75) is 19.5 Å². The summed E-state index contributed by atoms with van der Waals surface area (Å²) in [5.74, 6) is -0.162. The number of amides is 1. The minimum Gasteiger partial charge on any atom is -0.373 e. The molecule has 0 spiro atoms. The third kappa shape index (κ3) is 5.48. The number of likely N-dealkylation sites (N-methyl/N-ethyl adjacent to an activating group) is 1. The first-order chi connectivity index (χ1) is 15.7. The van der Waals surface area contributed by atoms with Crippen molar-refractivity contribution in [2.75, 3.05) is 23.8 Å². The highest BCUT2D eigenvalue weighted by Crippen LogP contribution is 2.32. The summed E-state index contributed by atoms with van der Waals surface area (Å²) in [6, 6.07) is 13.2. The first kappa shape index (κ1) is 22.7. The molecule has 2 aromatic carbocycles. The molecule has 0 aliphatic rings. The Morgan fingerprint density at radius 2 is 1.82 bits per heavy atom. The average Bonchev–Trinajstić information content (AvgIpc) is 3.18. The van der Waals surface area contributed by atoms with Crippen LogP contribution in [0.2, 0.25) is 0 Å². The highest BCUT2D eigenvalue weighted by atomic mass is 32.1. The van der Waals surface area contributed by atoms with Gasteiger partial charge in [0.15, 0.2) is 5.13 Å². The van der Waals surface area contributed by atoms with E-state index in [4.69, 9.17) is 0 Å². The zero-order valence-electron chi connectivity index (χ0n) is 18.0. The number of alkyl halides is 3. The molecule has 0 saturated heterocycles. The number of carbonyl (C=O) groups is 1. The molecule has 9 heteroatoms. The zero-order chi connectivity index (χ0) is 23.6. The van der Waals surface area contributed by atoms with E-state index in [0.717, 1.165) is 44.7 Å².